The van der Waals surface area contributed by atoms with E-state index in [0.717, 1.165) is 0 Å². The lowest BCUT2D eigenvalue weighted by Gasteiger charge is -2.19. The highest BCUT2D eigenvalue weighted by molar-refractivity contribution is 6.29. The van der Waals surface area contributed by atoms with E-state index in [4.69, 9.17) is 4.74 Å². The molecule has 0 unspecified atom stereocenters. The van der Waals surface area contributed by atoms with Crippen LogP contribution in [0.4, 0.5) is 0 Å². The number of benzene rings is 2. The number of rotatable bonds is 3. The Kier molecular flexibility index (Phi) is 3.43. The van der Waals surface area contributed by atoms with Gasteiger partial charge in [-0.25, -0.2) is 0 Å². The van der Waals surface area contributed by atoms with Gasteiger partial charge in [-0.15, -0.1) is 0 Å². The van der Waals surface area contributed by atoms with Crippen LogP contribution >= 0.6 is 0 Å². The number of allylic oxidation sites excluding steroid dienone is 1. The summed E-state index contributed by atoms with van der Waals surface area (Å²) in [5.74, 6) is -0.323. The van der Waals surface area contributed by atoms with Crippen LogP contribution in [0.2, 0.25) is 0 Å². The first-order valence-electron chi connectivity index (χ1n) is 6.69. The molecule has 22 heavy (non-hydrogen) atoms. The van der Waals surface area contributed by atoms with Gasteiger partial charge in [-0.3, -0.25) is 14.4 Å². The SMILES string of the molecule is CO/C(C=O)=C\c1cccc2c1C(=O)c1ccccc1C2=O. The van der Waals surface area contributed by atoms with E-state index in [9.17, 15) is 14.4 Å². The summed E-state index contributed by atoms with van der Waals surface area (Å²) in [5, 5.41) is 0. The van der Waals surface area contributed by atoms with E-state index in [2.05, 4.69) is 0 Å². The van der Waals surface area contributed by atoms with Gasteiger partial charge in [0.15, 0.2) is 23.6 Å². The minimum Gasteiger partial charge on any atom is -0.493 e. The highest BCUT2D eigenvalue weighted by Crippen LogP contribution is 2.30. The number of hydrogen-bond acceptors (Lipinski definition) is 4. The maximum atomic E-state index is 12.7. The largest absolute Gasteiger partial charge is 0.493 e. The average Bonchev–Trinajstić information content (AvgIpc) is 2.57. The van der Waals surface area contributed by atoms with Crippen molar-refractivity contribution in [3.8, 4) is 0 Å². The minimum absolute atomic E-state index is 0.0903. The van der Waals surface area contributed by atoms with Crippen molar-refractivity contribution in [2.45, 2.75) is 0 Å². The van der Waals surface area contributed by atoms with Crippen molar-refractivity contribution >= 4 is 23.9 Å². The Hall–Kier alpha value is -3.01. The molecule has 0 radical (unpaired) electrons. The number of methoxy groups -OCH3 is 1. The zero-order valence-corrected chi connectivity index (χ0v) is 11.8. The van der Waals surface area contributed by atoms with Crippen molar-refractivity contribution < 1.29 is 19.1 Å². The summed E-state index contributed by atoms with van der Waals surface area (Å²) in [6.07, 6.45) is 2.02. The molecule has 1 aliphatic carbocycles. The molecule has 0 heterocycles. The van der Waals surface area contributed by atoms with Crippen LogP contribution in [0.1, 0.15) is 37.4 Å². The fourth-order valence-electron chi connectivity index (χ4n) is 2.59. The molecule has 4 heteroatoms. The minimum atomic E-state index is -0.224. The zero-order chi connectivity index (χ0) is 15.7. The van der Waals surface area contributed by atoms with Gasteiger partial charge in [0.05, 0.1) is 7.11 Å². The monoisotopic (exact) mass is 292 g/mol. The molecular formula is C18H12O4. The van der Waals surface area contributed by atoms with Crippen LogP contribution < -0.4 is 0 Å². The van der Waals surface area contributed by atoms with Gasteiger partial charge in [0.1, 0.15) is 0 Å². The lowest BCUT2D eigenvalue weighted by Crippen LogP contribution is -2.21. The van der Waals surface area contributed by atoms with Crippen LogP contribution in [0.5, 0.6) is 0 Å². The number of fused-ring (bicyclic) bond motifs is 2. The topological polar surface area (TPSA) is 60.4 Å². The van der Waals surface area contributed by atoms with Crippen LogP contribution in [-0.2, 0) is 9.53 Å². The van der Waals surface area contributed by atoms with Crippen molar-refractivity contribution in [3.63, 3.8) is 0 Å². The number of carbonyl (C=O) groups is 3. The smallest absolute Gasteiger partial charge is 0.195 e. The molecule has 108 valence electrons. The molecule has 0 saturated carbocycles. The van der Waals surface area contributed by atoms with Gasteiger partial charge in [-0.2, -0.15) is 0 Å². The molecule has 0 aliphatic heterocycles. The van der Waals surface area contributed by atoms with Crippen LogP contribution in [0.25, 0.3) is 6.08 Å². The van der Waals surface area contributed by atoms with E-state index in [1.54, 1.807) is 42.5 Å². The first-order valence-corrected chi connectivity index (χ1v) is 6.69. The molecule has 0 aromatic heterocycles. The van der Waals surface area contributed by atoms with Gasteiger partial charge in [0, 0.05) is 22.3 Å². The lowest BCUT2D eigenvalue weighted by atomic mass is 9.82. The summed E-state index contributed by atoms with van der Waals surface area (Å²) in [4.78, 5) is 36.2. The highest BCUT2D eigenvalue weighted by atomic mass is 16.5. The van der Waals surface area contributed by atoms with Gasteiger partial charge in [0.25, 0.3) is 0 Å². The Bertz CT molecular complexity index is 831. The molecule has 2 aromatic rings. The number of aldehydes is 1. The van der Waals surface area contributed by atoms with Crippen molar-refractivity contribution in [3.05, 3.63) is 76.0 Å². The third-order valence-corrected chi connectivity index (χ3v) is 3.63. The third kappa shape index (κ3) is 2.05. The van der Waals surface area contributed by atoms with Gasteiger partial charge in [-0.1, -0.05) is 42.5 Å². The van der Waals surface area contributed by atoms with Crippen molar-refractivity contribution in [1.29, 1.82) is 0 Å². The normalized spacial score (nSPS) is 13.4. The predicted octanol–water partition coefficient (Wildman–Crippen LogP) is 2.65. The molecule has 2 aromatic carbocycles. The van der Waals surface area contributed by atoms with Crippen molar-refractivity contribution in [2.75, 3.05) is 7.11 Å². The predicted molar refractivity (Wildman–Crippen MR) is 80.8 cm³/mol. The Labute approximate surface area is 127 Å². The number of carbonyl (C=O) groups excluding carboxylic acids is 3. The Balaban J connectivity index is 2.25. The Morgan fingerprint density at radius 1 is 0.909 bits per heavy atom. The Morgan fingerprint density at radius 3 is 2.18 bits per heavy atom. The van der Waals surface area contributed by atoms with Crippen molar-refractivity contribution in [1.82, 2.24) is 0 Å². The van der Waals surface area contributed by atoms with E-state index >= 15 is 0 Å². The number of hydrogen-bond donors (Lipinski definition) is 0. The van der Waals surface area contributed by atoms with Gasteiger partial charge >= 0.3 is 0 Å². The van der Waals surface area contributed by atoms with Gasteiger partial charge < -0.3 is 4.74 Å². The highest BCUT2D eigenvalue weighted by Gasteiger charge is 2.30. The fraction of sp³-hybridized carbons (Fsp3) is 0.0556. The number of ether oxygens (including phenoxy) is 1. The third-order valence-electron chi connectivity index (χ3n) is 3.63. The molecule has 0 atom stereocenters. The molecule has 0 amide bonds. The zero-order valence-electron chi connectivity index (χ0n) is 11.8. The Morgan fingerprint density at radius 2 is 1.55 bits per heavy atom. The van der Waals surface area contributed by atoms with E-state index < -0.39 is 0 Å². The van der Waals surface area contributed by atoms with Crippen LogP contribution in [0.3, 0.4) is 0 Å². The summed E-state index contributed by atoms with van der Waals surface area (Å²) in [6.45, 7) is 0. The van der Waals surface area contributed by atoms with E-state index in [0.29, 0.717) is 34.1 Å². The van der Waals surface area contributed by atoms with E-state index in [-0.39, 0.29) is 17.3 Å². The fourth-order valence-corrected chi connectivity index (χ4v) is 2.59. The standard InChI is InChI=1S/C18H12O4/c1-22-12(10-19)9-11-5-4-8-15-16(11)18(21)14-7-3-2-6-13(14)17(15)20/h2-10H,1H3/b12-9-. The van der Waals surface area contributed by atoms with Crippen LogP contribution in [0.15, 0.2) is 48.2 Å². The van der Waals surface area contributed by atoms with E-state index in [1.807, 2.05) is 0 Å². The molecule has 0 N–H and O–H groups in total. The molecule has 0 saturated heterocycles. The summed E-state index contributed by atoms with van der Waals surface area (Å²) in [5.41, 5.74) is 1.94. The second-order valence-electron chi connectivity index (χ2n) is 4.84. The molecular weight excluding hydrogens is 280 g/mol. The van der Waals surface area contributed by atoms with Gasteiger partial charge in [-0.05, 0) is 11.6 Å². The lowest BCUT2D eigenvalue weighted by molar-refractivity contribution is -0.107. The maximum absolute atomic E-state index is 12.7. The summed E-state index contributed by atoms with van der Waals surface area (Å²) >= 11 is 0. The molecule has 0 fully saturated rings. The second kappa shape index (κ2) is 5.41. The van der Waals surface area contributed by atoms with Crippen molar-refractivity contribution in [2.24, 2.45) is 0 Å². The molecule has 0 spiro atoms. The summed E-state index contributed by atoms with van der Waals surface area (Å²) < 4.78 is 4.92. The molecule has 0 bridgehead atoms. The quantitative estimate of drug-likeness (QED) is 0.423. The van der Waals surface area contributed by atoms with E-state index in [1.165, 1.54) is 13.2 Å². The molecule has 3 rings (SSSR count). The molecule has 4 nitrogen and oxygen atoms in total. The average molecular weight is 292 g/mol. The second-order valence-corrected chi connectivity index (χ2v) is 4.84. The maximum Gasteiger partial charge on any atom is 0.195 e. The number of ketones is 2. The van der Waals surface area contributed by atoms with Crippen LogP contribution in [-0.4, -0.2) is 25.0 Å². The van der Waals surface area contributed by atoms with Gasteiger partial charge in [0.2, 0.25) is 0 Å². The van der Waals surface area contributed by atoms with Crippen LogP contribution in [0, 0.1) is 0 Å². The first-order chi connectivity index (χ1) is 10.7. The first kappa shape index (κ1) is 13.9. The summed E-state index contributed by atoms with van der Waals surface area (Å²) in [7, 11) is 1.37. The summed E-state index contributed by atoms with van der Waals surface area (Å²) in [6, 6.07) is 11.7. The molecule has 1 aliphatic rings.